The summed E-state index contributed by atoms with van der Waals surface area (Å²) in [5, 5.41) is 5.49. The lowest BCUT2D eigenvalue weighted by Crippen LogP contribution is -2.48. The monoisotopic (exact) mass is 435 g/mol. The standard InChI is InChI=1S/C29H29N3O/c1-17-15-22-23(16-18(17)2)31-25-24(30-22)28(5)13-14-29(25,27(28,3)4)26(33)32-21-12-8-10-19-9-6-7-11-20(19)21/h6-12,15-16H,13-14H2,1-5H3,(H,32,33). The molecule has 1 N–H and O–H groups in total. The van der Waals surface area contributed by atoms with Crippen LogP contribution in [0.1, 0.15) is 56.1 Å². The highest BCUT2D eigenvalue weighted by Gasteiger charge is 2.73. The minimum absolute atomic E-state index is 0.0313. The zero-order chi connectivity index (χ0) is 23.2. The molecule has 2 bridgehead atoms. The fourth-order valence-corrected chi connectivity index (χ4v) is 6.42. The molecule has 2 aliphatic carbocycles. The normalized spacial score (nSPS) is 24.9. The molecule has 4 aromatic rings. The predicted octanol–water partition coefficient (Wildman–Crippen LogP) is 6.37. The van der Waals surface area contributed by atoms with Crippen LogP contribution >= 0.6 is 0 Å². The van der Waals surface area contributed by atoms with Gasteiger partial charge in [0.2, 0.25) is 5.91 Å². The average Bonchev–Trinajstić information content (AvgIpc) is 3.08. The number of benzene rings is 3. The number of carbonyl (C=O) groups excluding carboxylic acids is 1. The van der Waals surface area contributed by atoms with E-state index in [9.17, 15) is 4.79 Å². The van der Waals surface area contributed by atoms with E-state index in [-0.39, 0.29) is 16.7 Å². The van der Waals surface area contributed by atoms with Crippen molar-refractivity contribution in [3.8, 4) is 0 Å². The Kier molecular flexibility index (Phi) is 3.95. The number of rotatable bonds is 2. The van der Waals surface area contributed by atoms with E-state index < -0.39 is 5.41 Å². The van der Waals surface area contributed by atoms with Crippen LogP contribution in [0.4, 0.5) is 5.69 Å². The van der Waals surface area contributed by atoms with E-state index in [0.29, 0.717) is 0 Å². The molecule has 6 rings (SSSR count). The van der Waals surface area contributed by atoms with Crippen molar-refractivity contribution in [3.63, 3.8) is 0 Å². The minimum Gasteiger partial charge on any atom is -0.325 e. The zero-order valence-corrected chi connectivity index (χ0v) is 19.9. The highest BCUT2D eigenvalue weighted by Crippen LogP contribution is 2.70. The van der Waals surface area contributed by atoms with Crippen molar-refractivity contribution in [2.24, 2.45) is 5.41 Å². The second kappa shape index (κ2) is 6.40. The van der Waals surface area contributed by atoms with Gasteiger partial charge in [-0.25, -0.2) is 9.97 Å². The lowest BCUT2D eigenvalue weighted by atomic mass is 9.63. The SMILES string of the molecule is Cc1cc2nc3c(nc2cc1C)C1(C(=O)Nc2cccc4ccccc24)CCC3(C)C1(C)C. The first-order chi connectivity index (χ1) is 15.7. The molecule has 1 amide bonds. The summed E-state index contributed by atoms with van der Waals surface area (Å²) < 4.78 is 0. The summed E-state index contributed by atoms with van der Waals surface area (Å²) >= 11 is 0. The molecule has 4 heteroatoms. The number of amides is 1. The van der Waals surface area contributed by atoms with Crippen molar-refractivity contribution in [1.29, 1.82) is 0 Å². The summed E-state index contributed by atoms with van der Waals surface area (Å²) in [7, 11) is 0. The number of nitrogens with zero attached hydrogens (tertiary/aromatic N) is 2. The number of aryl methyl sites for hydroxylation is 2. The maximum absolute atomic E-state index is 14.2. The molecule has 0 saturated heterocycles. The maximum Gasteiger partial charge on any atom is 0.237 e. The predicted molar refractivity (Wildman–Crippen MR) is 134 cm³/mol. The lowest BCUT2D eigenvalue weighted by Gasteiger charge is -2.39. The van der Waals surface area contributed by atoms with Crippen LogP contribution in [0.25, 0.3) is 21.8 Å². The molecule has 1 saturated carbocycles. The first-order valence-corrected chi connectivity index (χ1v) is 11.8. The number of hydrogen-bond acceptors (Lipinski definition) is 3. The summed E-state index contributed by atoms with van der Waals surface area (Å²) in [5.74, 6) is 0.0313. The molecular weight excluding hydrogens is 406 g/mol. The number of carbonyl (C=O) groups is 1. The third kappa shape index (κ3) is 2.39. The van der Waals surface area contributed by atoms with Crippen LogP contribution in [-0.4, -0.2) is 15.9 Å². The number of anilines is 1. The van der Waals surface area contributed by atoms with Crippen LogP contribution in [0.3, 0.4) is 0 Å². The van der Waals surface area contributed by atoms with Crippen molar-refractivity contribution in [2.45, 2.75) is 58.3 Å². The average molecular weight is 436 g/mol. The fraction of sp³-hybridized carbons (Fsp3) is 0.345. The highest BCUT2D eigenvalue weighted by atomic mass is 16.2. The first-order valence-electron chi connectivity index (χ1n) is 11.8. The molecule has 0 aliphatic heterocycles. The van der Waals surface area contributed by atoms with Gasteiger partial charge in [0.1, 0.15) is 0 Å². The largest absolute Gasteiger partial charge is 0.325 e. The Morgan fingerprint density at radius 2 is 1.48 bits per heavy atom. The van der Waals surface area contributed by atoms with Crippen molar-refractivity contribution >= 4 is 33.4 Å². The lowest BCUT2D eigenvalue weighted by molar-refractivity contribution is -0.125. The van der Waals surface area contributed by atoms with Crippen LogP contribution in [-0.2, 0) is 15.6 Å². The smallest absolute Gasteiger partial charge is 0.237 e. The Morgan fingerprint density at radius 1 is 0.848 bits per heavy atom. The van der Waals surface area contributed by atoms with Gasteiger partial charge >= 0.3 is 0 Å². The van der Waals surface area contributed by atoms with Gasteiger partial charge in [0.05, 0.1) is 27.8 Å². The Hall–Kier alpha value is -3.27. The fourth-order valence-electron chi connectivity index (χ4n) is 6.42. The van der Waals surface area contributed by atoms with E-state index in [1.54, 1.807) is 0 Å². The Bertz CT molecular complexity index is 1480. The van der Waals surface area contributed by atoms with Gasteiger partial charge in [0, 0.05) is 16.5 Å². The van der Waals surface area contributed by atoms with E-state index >= 15 is 0 Å². The van der Waals surface area contributed by atoms with Crippen molar-refractivity contribution in [3.05, 3.63) is 77.1 Å². The van der Waals surface area contributed by atoms with Gasteiger partial charge < -0.3 is 5.32 Å². The van der Waals surface area contributed by atoms with Gasteiger partial charge in [0.15, 0.2) is 0 Å². The first kappa shape index (κ1) is 20.3. The van der Waals surface area contributed by atoms with Crippen LogP contribution in [0.2, 0.25) is 0 Å². The van der Waals surface area contributed by atoms with E-state index in [4.69, 9.17) is 9.97 Å². The number of hydrogen-bond donors (Lipinski definition) is 1. The van der Waals surface area contributed by atoms with E-state index in [1.165, 1.54) is 11.1 Å². The van der Waals surface area contributed by atoms with Gasteiger partial charge in [-0.2, -0.15) is 0 Å². The molecule has 2 atom stereocenters. The molecule has 1 fully saturated rings. The van der Waals surface area contributed by atoms with Gasteiger partial charge in [0.25, 0.3) is 0 Å². The number of nitrogens with one attached hydrogen (secondary N) is 1. The molecule has 2 aliphatic rings. The van der Waals surface area contributed by atoms with Crippen LogP contribution < -0.4 is 5.32 Å². The van der Waals surface area contributed by atoms with Crippen molar-refractivity contribution in [2.75, 3.05) is 5.32 Å². The van der Waals surface area contributed by atoms with Gasteiger partial charge in [-0.05, 0) is 66.8 Å². The maximum atomic E-state index is 14.2. The number of aromatic nitrogens is 2. The third-order valence-electron chi connectivity index (χ3n) is 9.08. The van der Waals surface area contributed by atoms with Gasteiger partial charge in [-0.1, -0.05) is 57.2 Å². The summed E-state index contributed by atoms with van der Waals surface area (Å²) in [4.78, 5) is 24.5. The van der Waals surface area contributed by atoms with Crippen LogP contribution in [0, 0.1) is 19.3 Å². The second-order valence-electron chi connectivity index (χ2n) is 10.7. The highest BCUT2D eigenvalue weighted by molar-refractivity contribution is 6.07. The summed E-state index contributed by atoms with van der Waals surface area (Å²) in [5.41, 5.74) is 5.72. The Balaban J connectivity index is 1.55. The molecule has 0 spiro atoms. The Morgan fingerprint density at radius 3 is 2.21 bits per heavy atom. The minimum atomic E-state index is -0.714. The molecule has 1 heterocycles. The topological polar surface area (TPSA) is 54.9 Å². The molecule has 4 nitrogen and oxygen atoms in total. The van der Waals surface area contributed by atoms with E-state index in [0.717, 1.165) is 51.7 Å². The molecule has 166 valence electrons. The third-order valence-corrected chi connectivity index (χ3v) is 9.08. The van der Waals surface area contributed by atoms with Crippen molar-refractivity contribution < 1.29 is 4.79 Å². The molecule has 33 heavy (non-hydrogen) atoms. The zero-order valence-electron chi connectivity index (χ0n) is 19.9. The van der Waals surface area contributed by atoms with Crippen molar-refractivity contribution in [1.82, 2.24) is 9.97 Å². The molecule has 2 unspecified atom stereocenters. The number of fused-ring (bicyclic) bond motifs is 7. The molecular formula is C29H29N3O. The quantitative estimate of drug-likeness (QED) is 0.398. The van der Waals surface area contributed by atoms with E-state index in [1.807, 2.05) is 24.3 Å². The van der Waals surface area contributed by atoms with E-state index in [2.05, 4.69) is 70.3 Å². The second-order valence-corrected chi connectivity index (χ2v) is 10.7. The van der Waals surface area contributed by atoms with Crippen LogP contribution in [0.5, 0.6) is 0 Å². The molecule has 0 radical (unpaired) electrons. The van der Waals surface area contributed by atoms with Crippen LogP contribution in [0.15, 0.2) is 54.6 Å². The van der Waals surface area contributed by atoms with Gasteiger partial charge in [-0.15, -0.1) is 0 Å². The molecule has 1 aromatic heterocycles. The summed E-state index contributed by atoms with van der Waals surface area (Å²) in [6.45, 7) is 10.9. The summed E-state index contributed by atoms with van der Waals surface area (Å²) in [6, 6.07) is 18.5. The summed E-state index contributed by atoms with van der Waals surface area (Å²) in [6.07, 6.45) is 1.71. The van der Waals surface area contributed by atoms with Gasteiger partial charge in [-0.3, -0.25) is 4.79 Å². The molecule has 3 aromatic carbocycles. The Labute approximate surface area is 194 Å².